The van der Waals surface area contributed by atoms with Gasteiger partial charge in [-0.2, -0.15) is 101 Å². The van der Waals surface area contributed by atoms with Crippen LogP contribution in [0.2, 0.25) is 0 Å². The first-order valence-corrected chi connectivity index (χ1v) is 10.6. The van der Waals surface area contributed by atoms with Crippen LogP contribution in [0.25, 0.3) is 0 Å². The van der Waals surface area contributed by atoms with Crippen LogP contribution in [-0.4, -0.2) is 72.6 Å². The lowest BCUT2D eigenvalue weighted by molar-refractivity contribution is -0.480. The fourth-order valence-electron chi connectivity index (χ4n) is 2.49. The predicted octanol–water partition coefficient (Wildman–Crippen LogP) is 7.55. The summed E-state index contributed by atoms with van der Waals surface area (Å²) in [5.41, 5.74) is 0. The second-order valence-corrected chi connectivity index (χ2v) is 9.02. The average molecular weight is 692 g/mol. The largest absolute Gasteiger partial charge is 0.471 e. The Bertz CT molecular complexity index is 1270. The minimum Gasteiger partial charge on any atom is -0.426 e. The smallest absolute Gasteiger partial charge is 0.426 e. The Kier molecular flexibility index (Phi) is 8.69. The molecule has 246 valence electrons. The van der Waals surface area contributed by atoms with Gasteiger partial charge in [-0.25, -0.2) is 0 Å². The summed E-state index contributed by atoms with van der Waals surface area (Å²) in [7, 11) is -5.86. The molecule has 26 heteroatoms. The number of rotatable bonds is 11. The Hall–Kier alpha value is -2.54. The lowest BCUT2D eigenvalue weighted by Crippen LogP contribution is -2.77. The van der Waals surface area contributed by atoms with Crippen molar-refractivity contribution in [1.29, 1.82) is 0 Å². The van der Waals surface area contributed by atoms with Crippen molar-refractivity contribution >= 4 is 10.1 Å². The van der Waals surface area contributed by atoms with Gasteiger partial charge in [-0.05, 0) is 12.1 Å². The molecule has 0 amide bonds. The number of hydrogen-bond donors (Lipinski definition) is 1. The molecule has 1 aromatic rings. The van der Waals surface area contributed by atoms with Gasteiger partial charge in [-0.15, -0.1) is 0 Å². The van der Waals surface area contributed by atoms with E-state index in [0.29, 0.717) is 12.1 Å². The second-order valence-electron chi connectivity index (χ2n) is 7.63. The Labute approximate surface area is 215 Å². The van der Waals surface area contributed by atoms with E-state index in [-0.39, 0.29) is 12.1 Å². The van der Waals surface area contributed by atoms with Crippen LogP contribution < -0.4 is 4.74 Å². The lowest BCUT2D eigenvalue weighted by Gasteiger charge is -2.44. The fraction of sp³-hybridized carbons (Fsp3) is 0.625. The number of alkyl halides is 21. The molecule has 0 spiro atoms. The van der Waals surface area contributed by atoms with E-state index in [1.165, 1.54) is 0 Å². The number of para-hydroxylation sites is 1. The summed E-state index contributed by atoms with van der Waals surface area (Å²) in [4.78, 5) is -2.07. The second kappa shape index (κ2) is 9.73. The van der Waals surface area contributed by atoms with Gasteiger partial charge in [-0.3, -0.25) is 4.55 Å². The lowest BCUT2D eigenvalue weighted by atomic mass is 9.87. The molecule has 4 nitrogen and oxygen atoms in total. The maximum absolute atomic E-state index is 13.9. The van der Waals surface area contributed by atoms with Crippen molar-refractivity contribution in [3.05, 3.63) is 24.3 Å². The Morgan fingerprint density at radius 3 is 1.07 bits per heavy atom. The maximum atomic E-state index is 13.9. The number of benzene rings is 1. The molecular weight excluding hydrogens is 687 g/mol. The van der Waals surface area contributed by atoms with Gasteiger partial charge >= 0.3 is 59.7 Å². The molecule has 0 saturated carbocycles. The number of halogens is 21. The third kappa shape index (κ3) is 4.93. The normalized spacial score (nSPS) is 16.0. The van der Waals surface area contributed by atoms with Crippen LogP contribution in [-0.2, 0) is 10.1 Å². The third-order valence-electron chi connectivity index (χ3n) is 4.85. The van der Waals surface area contributed by atoms with Crippen molar-refractivity contribution < 1.29 is 110 Å². The summed E-state index contributed by atoms with van der Waals surface area (Å²) in [6, 6.07) is 0.476. The van der Waals surface area contributed by atoms with Crippen LogP contribution in [0.4, 0.5) is 92.2 Å². The van der Waals surface area contributed by atoms with Gasteiger partial charge in [0.25, 0.3) is 10.1 Å². The van der Waals surface area contributed by atoms with E-state index in [9.17, 15) is 101 Å². The highest BCUT2D eigenvalue weighted by atomic mass is 32.2. The summed E-state index contributed by atoms with van der Waals surface area (Å²) in [6.07, 6.45) is -15.6. The molecule has 1 aromatic carbocycles. The zero-order valence-corrected chi connectivity index (χ0v) is 19.1. The van der Waals surface area contributed by atoms with E-state index < -0.39 is 80.4 Å². The highest BCUT2D eigenvalue weighted by Gasteiger charge is 2.98. The highest BCUT2D eigenvalue weighted by molar-refractivity contribution is 7.86. The Morgan fingerprint density at radius 1 is 0.476 bits per heavy atom. The van der Waals surface area contributed by atoms with Crippen LogP contribution in [0.3, 0.4) is 0 Å². The van der Waals surface area contributed by atoms with Gasteiger partial charge in [0, 0.05) is 0 Å². The summed E-state index contributed by atoms with van der Waals surface area (Å²) in [5, 5.41) is 0. The van der Waals surface area contributed by atoms with Crippen molar-refractivity contribution in [2.75, 3.05) is 0 Å². The molecule has 1 N–H and O–H groups in total. The molecule has 0 radical (unpaired) electrons. The maximum Gasteiger partial charge on any atom is 0.471 e. The molecule has 0 aliphatic heterocycles. The van der Waals surface area contributed by atoms with Crippen LogP contribution >= 0.6 is 0 Å². The van der Waals surface area contributed by atoms with E-state index in [4.69, 9.17) is 4.55 Å². The van der Waals surface area contributed by atoms with Gasteiger partial charge in [0.05, 0.1) is 0 Å². The Morgan fingerprint density at radius 2 is 0.762 bits per heavy atom. The average Bonchev–Trinajstić information content (AvgIpc) is 2.76. The first-order chi connectivity index (χ1) is 18.0. The summed E-state index contributed by atoms with van der Waals surface area (Å²) < 4.78 is 314. The van der Waals surface area contributed by atoms with E-state index in [1.807, 2.05) is 0 Å². The quantitative estimate of drug-likeness (QED) is 0.192. The number of ether oxygens (including phenoxy) is 1. The van der Waals surface area contributed by atoms with Gasteiger partial charge in [0.15, 0.2) is 0 Å². The van der Waals surface area contributed by atoms with Crippen molar-refractivity contribution in [3.8, 4) is 5.75 Å². The SMILES string of the molecule is O=S(=O)(O)c1ccccc1OC(F)(F)C(F)(F)C(F)(F)C(F)(F)C(F)(F)C(F)(F)C(F)(F)C(F)(F)C(F)(F)C(F)(F)F. The van der Waals surface area contributed by atoms with Gasteiger partial charge in [0.2, 0.25) is 0 Å². The zero-order valence-electron chi connectivity index (χ0n) is 18.3. The first kappa shape index (κ1) is 37.5. The third-order valence-corrected chi connectivity index (χ3v) is 5.74. The molecule has 42 heavy (non-hydrogen) atoms. The molecule has 0 heterocycles. The molecule has 1 rings (SSSR count). The summed E-state index contributed by atoms with van der Waals surface area (Å²) in [6.45, 7) is 0. The summed E-state index contributed by atoms with van der Waals surface area (Å²) in [5.74, 6) is -74.3. The van der Waals surface area contributed by atoms with Crippen LogP contribution in [0.5, 0.6) is 5.75 Å². The van der Waals surface area contributed by atoms with Crippen LogP contribution in [0, 0.1) is 0 Å². The highest BCUT2D eigenvalue weighted by Crippen LogP contribution is 2.66. The van der Waals surface area contributed by atoms with E-state index in [2.05, 4.69) is 4.74 Å². The van der Waals surface area contributed by atoms with Gasteiger partial charge in [0.1, 0.15) is 10.6 Å². The van der Waals surface area contributed by atoms with Crippen molar-refractivity contribution in [2.45, 2.75) is 64.6 Å². The van der Waals surface area contributed by atoms with E-state index in [1.54, 1.807) is 0 Å². The minimum atomic E-state index is -9.33. The molecule has 0 fully saturated rings. The summed E-state index contributed by atoms with van der Waals surface area (Å²) >= 11 is 0. The van der Waals surface area contributed by atoms with Crippen molar-refractivity contribution in [3.63, 3.8) is 0 Å². The first-order valence-electron chi connectivity index (χ1n) is 9.17. The Balaban J connectivity index is 3.81. The minimum absolute atomic E-state index is 0.0423. The van der Waals surface area contributed by atoms with Crippen LogP contribution in [0.15, 0.2) is 29.2 Å². The molecule has 0 bridgehead atoms. The molecular formula is C16H5F21O4S. The van der Waals surface area contributed by atoms with Crippen molar-refractivity contribution in [1.82, 2.24) is 0 Å². The molecule has 0 saturated heterocycles. The van der Waals surface area contributed by atoms with Crippen LogP contribution in [0.1, 0.15) is 0 Å². The molecule has 0 atom stereocenters. The van der Waals surface area contributed by atoms with E-state index in [0.717, 1.165) is 0 Å². The molecule has 0 aromatic heterocycles. The topological polar surface area (TPSA) is 63.6 Å². The molecule has 0 aliphatic rings. The van der Waals surface area contributed by atoms with Gasteiger partial charge < -0.3 is 4.74 Å². The zero-order chi connectivity index (χ0) is 34.2. The number of hydrogen-bond acceptors (Lipinski definition) is 3. The molecule has 0 aliphatic carbocycles. The fourth-order valence-corrected chi connectivity index (χ4v) is 3.11. The van der Waals surface area contributed by atoms with E-state index >= 15 is 0 Å². The molecule has 0 unspecified atom stereocenters. The monoisotopic (exact) mass is 692 g/mol. The predicted molar refractivity (Wildman–Crippen MR) is 87.5 cm³/mol. The van der Waals surface area contributed by atoms with Gasteiger partial charge in [-0.1, -0.05) is 12.1 Å². The van der Waals surface area contributed by atoms with Crippen molar-refractivity contribution in [2.24, 2.45) is 0 Å². The standard InChI is InChI=1S/C16H5F21O4S/c17-7(18,9(21,22)11(25,26)13(29,30)15(33,34)35)8(19,20)10(23,24)12(27,28)14(31,32)16(36,37)41-5-3-1-2-4-6(5)42(38,39)40/h1-4H,(H,38,39,40).